The molecule has 0 saturated heterocycles. The van der Waals surface area contributed by atoms with E-state index in [2.05, 4.69) is 10.6 Å². The van der Waals surface area contributed by atoms with E-state index >= 15 is 0 Å². The van der Waals surface area contributed by atoms with E-state index < -0.39 is 34.2 Å². The van der Waals surface area contributed by atoms with Crippen LogP contribution in [-0.2, 0) is 23.9 Å². The molecular weight excluding hydrogens is 418 g/mol. The molecule has 1 unspecified atom stereocenters. The van der Waals surface area contributed by atoms with Crippen LogP contribution in [0.25, 0.3) is 0 Å². The zero-order chi connectivity index (χ0) is 24.2. The number of nitrogens with one attached hydrogen (secondary N) is 2. The van der Waals surface area contributed by atoms with E-state index in [1.807, 2.05) is 0 Å². The Labute approximate surface area is 185 Å². The van der Waals surface area contributed by atoms with Crippen molar-refractivity contribution in [1.29, 1.82) is 0 Å². The molecule has 1 aliphatic heterocycles. The number of rotatable bonds is 7. The fourth-order valence-corrected chi connectivity index (χ4v) is 3.54. The number of nitro benzene ring substituents is 1. The molecule has 10 heteroatoms. The van der Waals surface area contributed by atoms with Gasteiger partial charge in [0.05, 0.1) is 30.1 Å². The fraction of sp³-hybridized carbons (Fsp3) is 0.409. The number of nitro groups is 1. The molecule has 0 aliphatic carbocycles. The Morgan fingerprint density at radius 3 is 2.38 bits per heavy atom. The van der Waals surface area contributed by atoms with Gasteiger partial charge < -0.3 is 20.1 Å². The SMILES string of the molecule is CCOC(=O)C(C)(C)NC(=O)C1=C(C)NC(C)=C(C(=O)OC)C1c1cccc([N+](=O)[O-])c1. The Kier molecular flexibility index (Phi) is 7.40. The predicted octanol–water partition coefficient (Wildman–Crippen LogP) is 2.46. The van der Waals surface area contributed by atoms with E-state index in [0.29, 0.717) is 17.0 Å². The number of esters is 2. The zero-order valence-electron chi connectivity index (χ0n) is 18.9. The van der Waals surface area contributed by atoms with Gasteiger partial charge in [0.2, 0.25) is 0 Å². The fourth-order valence-electron chi connectivity index (χ4n) is 3.54. The number of carbonyl (C=O) groups is 3. The molecule has 0 radical (unpaired) electrons. The zero-order valence-corrected chi connectivity index (χ0v) is 18.9. The Hall–Kier alpha value is -3.69. The van der Waals surface area contributed by atoms with Crippen LogP contribution in [0.4, 0.5) is 5.69 Å². The lowest BCUT2D eigenvalue weighted by Crippen LogP contribution is -2.52. The Bertz CT molecular complexity index is 1020. The number of benzene rings is 1. The first-order valence-electron chi connectivity index (χ1n) is 9.95. The van der Waals surface area contributed by atoms with Crippen molar-refractivity contribution in [3.8, 4) is 0 Å². The molecular formula is C22H27N3O7. The van der Waals surface area contributed by atoms with Crippen molar-refractivity contribution in [3.63, 3.8) is 0 Å². The second-order valence-electron chi connectivity index (χ2n) is 7.78. The van der Waals surface area contributed by atoms with Crippen molar-refractivity contribution in [2.45, 2.75) is 46.1 Å². The number of methoxy groups -OCH3 is 1. The van der Waals surface area contributed by atoms with E-state index in [-0.39, 0.29) is 23.4 Å². The molecule has 172 valence electrons. The minimum atomic E-state index is -1.35. The van der Waals surface area contributed by atoms with Crippen LogP contribution in [0.1, 0.15) is 46.1 Å². The van der Waals surface area contributed by atoms with E-state index in [1.165, 1.54) is 39.2 Å². The summed E-state index contributed by atoms with van der Waals surface area (Å²) in [5, 5.41) is 17.0. The van der Waals surface area contributed by atoms with Gasteiger partial charge in [-0.05, 0) is 40.2 Å². The summed E-state index contributed by atoms with van der Waals surface area (Å²) >= 11 is 0. The summed E-state index contributed by atoms with van der Waals surface area (Å²) < 4.78 is 9.95. The highest BCUT2D eigenvalue weighted by Gasteiger charge is 2.40. The van der Waals surface area contributed by atoms with Crippen molar-refractivity contribution in [1.82, 2.24) is 10.6 Å². The smallest absolute Gasteiger partial charge is 0.336 e. The maximum Gasteiger partial charge on any atom is 0.336 e. The molecule has 1 aromatic rings. The van der Waals surface area contributed by atoms with Gasteiger partial charge in [0.25, 0.3) is 11.6 Å². The maximum absolute atomic E-state index is 13.4. The number of hydrogen-bond donors (Lipinski definition) is 2. The number of allylic oxidation sites excluding steroid dienone is 2. The first kappa shape index (κ1) is 24.6. The average molecular weight is 445 g/mol. The molecule has 1 atom stereocenters. The molecule has 0 saturated carbocycles. The van der Waals surface area contributed by atoms with E-state index in [9.17, 15) is 24.5 Å². The molecule has 1 aliphatic rings. The highest BCUT2D eigenvalue weighted by Crippen LogP contribution is 2.39. The molecule has 0 bridgehead atoms. The quantitative estimate of drug-likeness (QED) is 0.371. The maximum atomic E-state index is 13.4. The molecule has 2 rings (SSSR count). The lowest BCUT2D eigenvalue weighted by molar-refractivity contribution is -0.384. The highest BCUT2D eigenvalue weighted by atomic mass is 16.6. The summed E-state index contributed by atoms with van der Waals surface area (Å²) in [5.41, 5.74) is -0.0246. The van der Waals surface area contributed by atoms with Gasteiger partial charge in [0, 0.05) is 29.1 Å². The Morgan fingerprint density at radius 1 is 1.19 bits per heavy atom. The van der Waals surface area contributed by atoms with Crippen LogP contribution < -0.4 is 10.6 Å². The highest BCUT2D eigenvalue weighted by molar-refractivity contribution is 6.03. The largest absolute Gasteiger partial charge is 0.466 e. The number of ether oxygens (including phenoxy) is 2. The lowest BCUT2D eigenvalue weighted by Gasteiger charge is -2.32. The second kappa shape index (κ2) is 9.63. The third kappa shape index (κ3) is 4.96. The van der Waals surface area contributed by atoms with Crippen LogP contribution in [0.3, 0.4) is 0 Å². The third-order valence-corrected chi connectivity index (χ3v) is 5.04. The lowest BCUT2D eigenvalue weighted by atomic mass is 9.79. The summed E-state index contributed by atoms with van der Waals surface area (Å²) in [4.78, 5) is 49.1. The minimum absolute atomic E-state index is 0.133. The molecule has 0 fully saturated rings. The summed E-state index contributed by atoms with van der Waals surface area (Å²) in [6, 6.07) is 5.70. The second-order valence-corrected chi connectivity index (χ2v) is 7.78. The van der Waals surface area contributed by atoms with Gasteiger partial charge in [-0.1, -0.05) is 12.1 Å². The van der Waals surface area contributed by atoms with Crippen molar-refractivity contribution >= 4 is 23.5 Å². The number of nitrogens with zero attached hydrogens (tertiary/aromatic N) is 1. The molecule has 0 spiro atoms. The molecule has 1 aromatic carbocycles. The summed E-state index contributed by atoms with van der Waals surface area (Å²) in [7, 11) is 1.21. The molecule has 10 nitrogen and oxygen atoms in total. The monoisotopic (exact) mass is 445 g/mol. The third-order valence-electron chi connectivity index (χ3n) is 5.04. The number of dihydropyridines is 1. The van der Waals surface area contributed by atoms with Gasteiger partial charge in [0.15, 0.2) is 0 Å². The minimum Gasteiger partial charge on any atom is -0.466 e. The molecule has 32 heavy (non-hydrogen) atoms. The predicted molar refractivity (Wildman–Crippen MR) is 115 cm³/mol. The van der Waals surface area contributed by atoms with Crippen molar-refractivity contribution in [2.75, 3.05) is 13.7 Å². The van der Waals surface area contributed by atoms with Crippen molar-refractivity contribution in [3.05, 3.63) is 62.5 Å². The Balaban J connectivity index is 2.63. The molecule has 1 amide bonds. The van der Waals surface area contributed by atoms with Gasteiger partial charge in [-0.2, -0.15) is 0 Å². The first-order chi connectivity index (χ1) is 14.9. The number of hydrogen-bond acceptors (Lipinski definition) is 8. The van der Waals surface area contributed by atoms with Gasteiger partial charge in [-0.15, -0.1) is 0 Å². The van der Waals surface area contributed by atoms with Gasteiger partial charge >= 0.3 is 11.9 Å². The van der Waals surface area contributed by atoms with Crippen LogP contribution in [0.5, 0.6) is 0 Å². The van der Waals surface area contributed by atoms with E-state index in [1.54, 1.807) is 26.8 Å². The molecule has 2 N–H and O–H groups in total. The van der Waals surface area contributed by atoms with E-state index in [4.69, 9.17) is 9.47 Å². The van der Waals surface area contributed by atoms with Gasteiger partial charge in [-0.3, -0.25) is 14.9 Å². The molecule has 1 heterocycles. The number of non-ortho nitro benzene ring substituents is 1. The van der Waals surface area contributed by atoms with E-state index in [0.717, 1.165) is 0 Å². The standard InChI is InChI=1S/C22H27N3O7/c1-7-32-21(28)22(4,5)24-19(26)16-12(2)23-13(3)17(20(27)31-6)18(16)14-9-8-10-15(11-14)25(29)30/h8-11,18,23H,7H2,1-6H3,(H,24,26). The van der Waals surface area contributed by atoms with Crippen LogP contribution in [0.2, 0.25) is 0 Å². The van der Waals surface area contributed by atoms with Crippen molar-refractivity contribution < 1.29 is 28.8 Å². The summed E-state index contributed by atoms with van der Waals surface area (Å²) in [6.45, 7) is 8.10. The summed E-state index contributed by atoms with van der Waals surface area (Å²) in [6.07, 6.45) is 0. The van der Waals surface area contributed by atoms with Crippen LogP contribution >= 0.6 is 0 Å². The summed E-state index contributed by atoms with van der Waals surface area (Å²) in [5.74, 6) is -2.89. The number of amides is 1. The first-order valence-corrected chi connectivity index (χ1v) is 9.95. The topological polar surface area (TPSA) is 137 Å². The normalized spacial score (nSPS) is 16.2. The van der Waals surface area contributed by atoms with Crippen molar-refractivity contribution in [2.24, 2.45) is 0 Å². The van der Waals surface area contributed by atoms with Crippen LogP contribution in [-0.4, -0.2) is 42.0 Å². The Morgan fingerprint density at radius 2 is 1.81 bits per heavy atom. The average Bonchev–Trinajstić information content (AvgIpc) is 2.72. The number of carbonyl (C=O) groups excluding carboxylic acids is 3. The van der Waals surface area contributed by atoms with Gasteiger partial charge in [-0.25, -0.2) is 9.59 Å². The molecule has 0 aromatic heterocycles. The van der Waals surface area contributed by atoms with Gasteiger partial charge in [0.1, 0.15) is 5.54 Å². The van der Waals surface area contributed by atoms with Crippen LogP contribution in [0.15, 0.2) is 46.8 Å². The van der Waals surface area contributed by atoms with Crippen LogP contribution in [0, 0.1) is 10.1 Å².